The fourth-order valence-corrected chi connectivity index (χ4v) is 4.07. The van der Waals surface area contributed by atoms with E-state index >= 15 is 0 Å². The van der Waals surface area contributed by atoms with Gasteiger partial charge in [-0.05, 0) is 41.2 Å². The average Bonchev–Trinajstić information content (AvgIpc) is 2.35. The Morgan fingerprint density at radius 1 is 1.43 bits per heavy atom. The largest absolute Gasteiger partial charge is 0.477 e. The van der Waals surface area contributed by atoms with Crippen molar-refractivity contribution < 1.29 is 9.90 Å². The zero-order valence-corrected chi connectivity index (χ0v) is 13.7. The molecule has 0 spiro atoms. The van der Waals surface area contributed by atoms with Crippen LogP contribution in [0.2, 0.25) is 5.02 Å². The van der Waals surface area contributed by atoms with E-state index in [0.717, 1.165) is 12.0 Å². The Hall–Kier alpha value is -1.13. The Labute approximate surface area is 130 Å². The monoisotopic (exact) mass is 310 g/mol. The second-order valence-corrected chi connectivity index (χ2v) is 7.39. The minimum atomic E-state index is -1.01. The van der Waals surface area contributed by atoms with Crippen LogP contribution in [0.25, 0.3) is 0 Å². The summed E-state index contributed by atoms with van der Waals surface area (Å²) in [5.41, 5.74) is 6.99. The molecule has 1 aromatic heterocycles. The van der Waals surface area contributed by atoms with Gasteiger partial charge in [0.05, 0.1) is 5.02 Å². The molecule has 0 radical (unpaired) electrons. The van der Waals surface area contributed by atoms with Crippen LogP contribution in [0.1, 0.15) is 56.1 Å². The van der Waals surface area contributed by atoms with E-state index in [0.29, 0.717) is 10.9 Å². The van der Waals surface area contributed by atoms with E-state index in [2.05, 4.69) is 32.7 Å². The first-order valence-electron chi connectivity index (χ1n) is 7.29. The predicted molar refractivity (Wildman–Crippen MR) is 83.6 cm³/mol. The Balaban J connectivity index is 2.58. The Morgan fingerprint density at radius 3 is 2.62 bits per heavy atom. The zero-order chi connectivity index (χ0) is 15.9. The van der Waals surface area contributed by atoms with Crippen molar-refractivity contribution in [2.24, 2.45) is 23.0 Å². The summed E-state index contributed by atoms with van der Waals surface area (Å²) >= 11 is 6.07. The number of nitrogens with zero attached hydrogens (tertiary/aromatic N) is 1. The van der Waals surface area contributed by atoms with Gasteiger partial charge < -0.3 is 10.8 Å². The van der Waals surface area contributed by atoms with E-state index in [-0.39, 0.29) is 29.0 Å². The molecule has 1 heterocycles. The summed E-state index contributed by atoms with van der Waals surface area (Å²) < 4.78 is 0. The van der Waals surface area contributed by atoms with Gasteiger partial charge in [0.2, 0.25) is 0 Å². The Morgan fingerprint density at radius 2 is 2.05 bits per heavy atom. The second-order valence-electron chi connectivity index (χ2n) is 6.95. The third kappa shape index (κ3) is 2.92. The van der Waals surface area contributed by atoms with E-state index < -0.39 is 5.97 Å². The summed E-state index contributed by atoms with van der Waals surface area (Å²) in [7, 11) is 0. The van der Waals surface area contributed by atoms with Gasteiger partial charge in [-0.25, -0.2) is 9.78 Å². The fourth-order valence-electron chi connectivity index (χ4n) is 3.90. The van der Waals surface area contributed by atoms with Crippen molar-refractivity contribution in [1.82, 2.24) is 4.98 Å². The third-order valence-corrected chi connectivity index (χ3v) is 5.26. The highest BCUT2D eigenvalue weighted by Crippen LogP contribution is 2.52. The van der Waals surface area contributed by atoms with Gasteiger partial charge in [0.25, 0.3) is 0 Å². The first kappa shape index (κ1) is 16.2. The van der Waals surface area contributed by atoms with Crippen LogP contribution < -0.4 is 5.73 Å². The standard InChI is InChI=1S/C16H23ClN2O2/c1-8-9(2)13(16(3,4)6-12(8)18)11-5-10(17)7-19-14(11)15(20)21/h5,7-9,12-13H,6,18H2,1-4H3,(H,20,21). The van der Waals surface area contributed by atoms with Crippen LogP contribution in [-0.2, 0) is 0 Å². The molecule has 3 N–H and O–H groups in total. The first-order valence-corrected chi connectivity index (χ1v) is 7.67. The summed E-state index contributed by atoms with van der Waals surface area (Å²) in [5, 5.41) is 9.90. The van der Waals surface area contributed by atoms with Gasteiger partial charge in [-0.2, -0.15) is 0 Å². The number of carbonyl (C=O) groups is 1. The van der Waals surface area contributed by atoms with E-state index in [9.17, 15) is 9.90 Å². The molecule has 0 amide bonds. The number of aromatic carboxylic acids is 1. The molecule has 5 heteroatoms. The molecule has 1 saturated carbocycles. The number of nitrogens with two attached hydrogens (primary N) is 1. The van der Waals surface area contributed by atoms with E-state index in [1.165, 1.54) is 6.20 Å². The topological polar surface area (TPSA) is 76.2 Å². The number of rotatable bonds is 2. The van der Waals surface area contributed by atoms with Crippen LogP contribution in [-0.4, -0.2) is 22.1 Å². The molecule has 0 bridgehead atoms. The van der Waals surface area contributed by atoms with Crippen LogP contribution in [0.15, 0.2) is 12.3 Å². The molecule has 1 aliphatic rings. The van der Waals surface area contributed by atoms with Crippen LogP contribution in [0.4, 0.5) is 0 Å². The SMILES string of the molecule is CC1C(N)CC(C)(C)C(c2cc(Cl)cnc2C(=O)O)C1C. The lowest BCUT2D eigenvalue weighted by atomic mass is 9.57. The lowest BCUT2D eigenvalue weighted by molar-refractivity contribution is 0.0658. The van der Waals surface area contributed by atoms with Crippen LogP contribution in [0.3, 0.4) is 0 Å². The summed E-state index contributed by atoms with van der Waals surface area (Å²) in [6.07, 6.45) is 2.25. The third-order valence-electron chi connectivity index (χ3n) is 5.06. The van der Waals surface area contributed by atoms with Crippen molar-refractivity contribution in [2.75, 3.05) is 0 Å². The molecule has 1 aliphatic carbocycles. The summed E-state index contributed by atoms with van der Waals surface area (Å²) in [5.74, 6) is -0.345. The quantitative estimate of drug-likeness (QED) is 0.876. The second kappa shape index (κ2) is 5.58. The number of carboxylic acids is 1. The molecule has 4 atom stereocenters. The van der Waals surface area contributed by atoms with Gasteiger partial charge in [-0.1, -0.05) is 39.3 Å². The molecule has 116 valence electrons. The molecular formula is C16H23ClN2O2. The van der Waals surface area contributed by atoms with Gasteiger partial charge >= 0.3 is 5.97 Å². The number of hydrogen-bond acceptors (Lipinski definition) is 3. The number of pyridine rings is 1. The Kier molecular flexibility index (Phi) is 4.31. The van der Waals surface area contributed by atoms with Crippen LogP contribution in [0.5, 0.6) is 0 Å². The Bertz CT molecular complexity index is 559. The van der Waals surface area contributed by atoms with E-state index in [1.807, 2.05) is 0 Å². The molecule has 0 aliphatic heterocycles. The van der Waals surface area contributed by atoms with Crippen LogP contribution in [0, 0.1) is 17.3 Å². The highest BCUT2D eigenvalue weighted by molar-refractivity contribution is 6.30. The van der Waals surface area contributed by atoms with Gasteiger partial charge in [0.1, 0.15) is 0 Å². The van der Waals surface area contributed by atoms with E-state index in [4.69, 9.17) is 17.3 Å². The van der Waals surface area contributed by atoms with Crippen molar-refractivity contribution in [1.29, 1.82) is 0 Å². The van der Waals surface area contributed by atoms with Gasteiger partial charge in [0.15, 0.2) is 5.69 Å². The minimum absolute atomic E-state index is 0.0737. The first-order chi connectivity index (χ1) is 9.65. The molecule has 1 fully saturated rings. The molecule has 4 nitrogen and oxygen atoms in total. The van der Waals surface area contributed by atoms with Crippen molar-refractivity contribution >= 4 is 17.6 Å². The molecule has 4 unspecified atom stereocenters. The van der Waals surface area contributed by atoms with Crippen molar-refractivity contribution in [3.05, 3.63) is 28.5 Å². The molecular weight excluding hydrogens is 288 g/mol. The lowest BCUT2D eigenvalue weighted by Gasteiger charge is -2.49. The summed E-state index contributed by atoms with van der Waals surface area (Å²) in [4.78, 5) is 15.5. The van der Waals surface area contributed by atoms with Crippen molar-refractivity contribution in [3.8, 4) is 0 Å². The van der Waals surface area contributed by atoms with Gasteiger partial charge in [-0.3, -0.25) is 0 Å². The van der Waals surface area contributed by atoms with Crippen LogP contribution >= 0.6 is 11.6 Å². The maximum Gasteiger partial charge on any atom is 0.354 e. The molecule has 1 aromatic rings. The predicted octanol–water partition coefficient (Wildman–Crippen LogP) is 3.55. The number of aromatic nitrogens is 1. The highest BCUT2D eigenvalue weighted by Gasteiger charge is 2.46. The zero-order valence-electron chi connectivity index (χ0n) is 12.9. The average molecular weight is 311 g/mol. The molecule has 0 aromatic carbocycles. The van der Waals surface area contributed by atoms with Crippen molar-refractivity contribution in [3.63, 3.8) is 0 Å². The molecule has 21 heavy (non-hydrogen) atoms. The lowest BCUT2D eigenvalue weighted by Crippen LogP contribution is -2.48. The highest BCUT2D eigenvalue weighted by atomic mass is 35.5. The van der Waals surface area contributed by atoms with Gasteiger partial charge in [-0.15, -0.1) is 0 Å². The summed E-state index contributed by atoms with van der Waals surface area (Å²) in [6.45, 7) is 8.57. The normalized spacial score (nSPS) is 31.9. The smallest absolute Gasteiger partial charge is 0.354 e. The minimum Gasteiger partial charge on any atom is -0.477 e. The number of halogens is 1. The molecule has 0 saturated heterocycles. The fraction of sp³-hybridized carbons (Fsp3) is 0.625. The van der Waals surface area contributed by atoms with Crippen molar-refractivity contribution in [2.45, 2.75) is 46.1 Å². The number of carboxylic acid groups (broad SMARTS) is 1. The maximum absolute atomic E-state index is 11.5. The summed E-state index contributed by atoms with van der Waals surface area (Å²) in [6, 6.07) is 1.89. The maximum atomic E-state index is 11.5. The number of hydrogen-bond donors (Lipinski definition) is 2. The van der Waals surface area contributed by atoms with Gasteiger partial charge in [0, 0.05) is 12.2 Å². The van der Waals surface area contributed by atoms with E-state index in [1.54, 1.807) is 6.07 Å². The molecule has 2 rings (SSSR count).